The van der Waals surface area contributed by atoms with E-state index >= 15 is 0 Å². The summed E-state index contributed by atoms with van der Waals surface area (Å²) >= 11 is 0. The van der Waals surface area contributed by atoms with Crippen LogP contribution in [0.15, 0.2) is 72.9 Å². The van der Waals surface area contributed by atoms with Crippen LogP contribution in [-0.4, -0.2) is 12.1 Å². The van der Waals surface area contributed by atoms with Gasteiger partial charge in [0.15, 0.2) is 5.75 Å². The van der Waals surface area contributed by atoms with Gasteiger partial charge in [0.25, 0.3) is 0 Å². The lowest BCUT2D eigenvalue weighted by Gasteiger charge is -2.14. The van der Waals surface area contributed by atoms with Gasteiger partial charge in [0, 0.05) is 16.0 Å². The van der Waals surface area contributed by atoms with Crippen LogP contribution in [0.5, 0.6) is 5.75 Å². The van der Waals surface area contributed by atoms with E-state index in [2.05, 4.69) is 78.2 Å². The summed E-state index contributed by atoms with van der Waals surface area (Å²) in [5.74, 6) is 1.00. The standard InChI is InChI=1S/C22H15NO/c1-2-8-14-13(7-1)19-15-9-3-5-11-17(15)23-21(19)22-20(14)16-10-4-6-12-18(16)24-22/h1-12,17-18,23H. The summed E-state index contributed by atoms with van der Waals surface area (Å²) in [4.78, 5) is 0. The summed E-state index contributed by atoms with van der Waals surface area (Å²) < 4.78 is 6.37. The zero-order chi connectivity index (χ0) is 15.7. The molecule has 0 saturated heterocycles. The number of anilines is 1. The third-order valence-electron chi connectivity index (χ3n) is 5.30. The number of ether oxygens (including phenoxy) is 1. The van der Waals surface area contributed by atoms with Gasteiger partial charge in [0.2, 0.25) is 0 Å². The predicted molar refractivity (Wildman–Crippen MR) is 98.4 cm³/mol. The van der Waals surface area contributed by atoms with Crippen molar-refractivity contribution in [2.45, 2.75) is 12.1 Å². The van der Waals surface area contributed by atoms with Crippen LogP contribution in [0.25, 0.3) is 21.9 Å². The minimum absolute atomic E-state index is 0.0282. The average Bonchev–Trinajstić information content (AvgIpc) is 3.21. The highest BCUT2D eigenvalue weighted by atomic mass is 16.5. The van der Waals surface area contributed by atoms with Gasteiger partial charge in [-0.1, -0.05) is 66.8 Å². The summed E-state index contributed by atoms with van der Waals surface area (Å²) in [7, 11) is 0. The number of hydrogen-bond acceptors (Lipinski definition) is 2. The monoisotopic (exact) mass is 309 g/mol. The Morgan fingerprint density at radius 1 is 0.792 bits per heavy atom. The fourth-order valence-corrected chi connectivity index (χ4v) is 4.30. The molecule has 2 unspecified atom stereocenters. The first-order valence-electron chi connectivity index (χ1n) is 8.38. The molecule has 0 aromatic heterocycles. The topological polar surface area (TPSA) is 21.3 Å². The van der Waals surface area contributed by atoms with Crippen LogP contribution in [0.2, 0.25) is 0 Å². The summed E-state index contributed by atoms with van der Waals surface area (Å²) in [5.41, 5.74) is 3.74. The molecule has 2 nitrogen and oxygen atoms in total. The molecule has 1 N–H and O–H groups in total. The Hall–Kier alpha value is -3.00. The summed E-state index contributed by atoms with van der Waals surface area (Å²) in [6.45, 7) is 0. The van der Waals surface area contributed by atoms with Crippen LogP contribution in [0.3, 0.4) is 0 Å². The van der Waals surface area contributed by atoms with Crippen molar-refractivity contribution in [1.82, 2.24) is 0 Å². The molecule has 6 rings (SSSR count). The van der Waals surface area contributed by atoms with E-state index in [0.717, 1.165) is 11.4 Å². The molecule has 2 aromatic rings. The number of benzene rings is 2. The van der Waals surface area contributed by atoms with Crippen molar-refractivity contribution >= 4 is 27.6 Å². The lowest BCUT2D eigenvalue weighted by molar-refractivity contribution is 0.319. The molecule has 0 bridgehead atoms. The van der Waals surface area contributed by atoms with E-state index in [1.54, 1.807) is 0 Å². The van der Waals surface area contributed by atoms with Gasteiger partial charge in [-0.15, -0.1) is 0 Å². The van der Waals surface area contributed by atoms with Gasteiger partial charge in [-0.3, -0.25) is 0 Å². The van der Waals surface area contributed by atoms with Gasteiger partial charge in [-0.25, -0.2) is 0 Å². The van der Waals surface area contributed by atoms with E-state index in [4.69, 9.17) is 4.74 Å². The number of hydrogen-bond donors (Lipinski definition) is 1. The fourth-order valence-electron chi connectivity index (χ4n) is 4.30. The lowest BCUT2D eigenvalue weighted by atomic mass is 9.96. The van der Waals surface area contributed by atoms with E-state index in [1.165, 1.54) is 32.4 Å². The van der Waals surface area contributed by atoms with Crippen LogP contribution in [0.4, 0.5) is 5.69 Å². The third kappa shape index (κ3) is 1.41. The smallest absolute Gasteiger partial charge is 0.152 e. The van der Waals surface area contributed by atoms with E-state index in [1.807, 2.05) is 0 Å². The first-order valence-corrected chi connectivity index (χ1v) is 8.38. The van der Waals surface area contributed by atoms with E-state index in [9.17, 15) is 0 Å². The highest BCUT2D eigenvalue weighted by Crippen LogP contribution is 2.36. The molecule has 2 heterocycles. The normalized spacial score (nSPS) is 24.5. The molecule has 2 aliphatic heterocycles. The maximum absolute atomic E-state index is 6.37. The summed E-state index contributed by atoms with van der Waals surface area (Å²) in [6, 6.07) is 8.93. The van der Waals surface area contributed by atoms with Crippen molar-refractivity contribution in [3.63, 3.8) is 0 Å². The average molecular weight is 309 g/mol. The Morgan fingerprint density at radius 2 is 1.54 bits per heavy atom. The zero-order valence-electron chi connectivity index (χ0n) is 13.0. The van der Waals surface area contributed by atoms with Gasteiger partial charge in [-0.05, 0) is 22.4 Å². The molecule has 0 saturated carbocycles. The molecular formula is C22H15NO. The first kappa shape index (κ1) is 12.4. The molecular weight excluding hydrogens is 294 g/mol. The Labute approximate surface area is 139 Å². The highest BCUT2D eigenvalue weighted by molar-refractivity contribution is 6.00. The van der Waals surface area contributed by atoms with Crippen molar-refractivity contribution in [2.24, 2.45) is 0 Å². The number of allylic oxidation sites excluding steroid dienone is 4. The second-order valence-corrected chi connectivity index (χ2v) is 6.56. The van der Waals surface area contributed by atoms with Crippen molar-refractivity contribution in [3.05, 3.63) is 83.3 Å². The molecule has 2 atom stereocenters. The number of fused-ring (bicyclic) bond motifs is 8. The Morgan fingerprint density at radius 3 is 2.42 bits per heavy atom. The molecule has 0 fully saturated rings. The Kier molecular flexibility index (Phi) is 2.22. The Balaban J connectivity index is 1.86. The highest BCUT2D eigenvalue weighted by Gasteiger charge is 2.32. The zero-order valence-corrected chi connectivity index (χ0v) is 13.0. The third-order valence-corrected chi connectivity index (χ3v) is 5.30. The molecule has 2 heteroatoms. The van der Waals surface area contributed by atoms with Crippen LogP contribution in [0, 0.1) is 0 Å². The minimum atomic E-state index is 0.0282. The predicted octanol–water partition coefficient (Wildman–Crippen LogP) is 2.95. The summed E-state index contributed by atoms with van der Waals surface area (Å²) in [5, 5.41) is 8.80. The van der Waals surface area contributed by atoms with Crippen molar-refractivity contribution in [1.29, 1.82) is 0 Å². The van der Waals surface area contributed by atoms with Gasteiger partial charge >= 0.3 is 0 Å². The van der Waals surface area contributed by atoms with Crippen LogP contribution in [0.1, 0.15) is 0 Å². The molecule has 0 spiro atoms. The SMILES string of the molecule is C1=CC2=c3c(c4c(c5ccccc35)=C3C=CC=CC3O4)NC2C=C1. The number of rotatable bonds is 0. The van der Waals surface area contributed by atoms with Gasteiger partial charge in [0.05, 0.1) is 11.7 Å². The van der Waals surface area contributed by atoms with Gasteiger partial charge in [-0.2, -0.15) is 0 Å². The maximum Gasteiger partial charge on any atom is 0.152 e. The second-order valence-electron chi connectivity index (χ2n) is 6.56. The van der Waals surface area contributed by atoms with E-state index in [0.29, 0.717) is 0 Å². The first-order chi connectivity index (χ1) is 11.9. The molecule has 2 aliphatic carbocycles. The lowest BCUT2D eigenvalue weighted by Crippen LogP contribution is -2.15. The number of nitrogens with one attached hydrogen (secondary N) is 1. The largest absolute Gasteiger partial charge is 0.479 e. The van der Waals surface area contributed by atoms with Crippen LogP contribution in [-0.2, 0) is 0 Å². The molecule has 24 heavy (non-hydrogen) atoms. The fraction of sp³-hybridized carbons (Fsp3) is 0.0909. The van der Waals surface area contributed by atoms with Gasteiger partial charge < -0.3 is 10.1 Å². The van der Waals surface area contributed by atoms with Crippen molar-refractivity contribution in [3.8, 4) is 5.75 Å². The van der Waals surface area contributed by atoms with Crippen molar-refractivity contribution in [2.75, 3.05) is 5.32 Å². The molecule has 2 aromatic carbocycles. The van der Waals surface area contributed by atoms with Crippen LogP contribution >= 0.6 is 0 Å². The maximum atomic E-state index is 6.37. The molecule has 0 radical (unpaired) electrons. The van der Waals surface area contributed by atoms with Crippen LogP contribution < -0.4 is 20.5 Å². The van der Waals surface area contributed by atoms with E-state index in [-0.39, 0.29) is 12.1 Å². The molecule has 4 aliphatic rings. The Bertz CT molecular complexity index is 1070. The second kappa shape index (κ2) is 4.30. The quantitative estimate of drug-likeness (QED) is 0.808. The molecule has 0 amide bonds. The minimum Gasteiger partial charge on any atom is -0.479 e. The molecule has 114 valence electrons. The van der Waals surface area contributed by atoms with Crippen molar-refractivity contribution < 1.29 is 4.74 Å². The van der Waals surface area contributed by atoms with E-state index < -0.39 is 0 Å². The van der Waals surface area contributed by atoms with Gasteiger partial charge in [0.1, 0.15) is 6.10 Å². The summed E-state index contributed by atoms with van der Waals surface area (Å²) in [6.07, 6.45) is 17.2.